The number of hydrogen-bond acceptors (Lipinski definition) is 3. The topological polar surface area (TPSA) is 42.4 Å². The Morgan fingerprint density at radius 1 is 1.24 bits per heavy atom. The van der Waals surface area contributed by atoms with Crippen molar-refractivity contribution in [1.29, 1.82) is 0 Å². The van der Waals surface area contributed by atoms with E-state index in [1.165, 1.54) is 25.4 Å². The van der Waals surface area contributed by atoms with Gasteiger partial charge in [0.25, 0.3) is 0 Å². The predicted octanol–water partition coefficient (Wildman–Crippen LogP) is 2.31. The first-order valence-electron chi connectivity index (χ1n) is 5.13. The zero-order valence-electron chi connectivity index (χ0n) is 9.30. The van der Waals surface area contributed by atoms with Crippen molar-refractivity contribution in [3.8, 4) is 5.75 Å². The minimum absolute atomic E-state index is 0.377. The van der Waals surface area contributed by atoms with Crippen molar-refractivity contribution in [3.63, 3.8) is 0 Å². The zero-order chi connectivity index (χ0) is 12.3. The fourth-order valence-corrected chi connectivity index (χ4v) is 1.57. The molecule has 1 atom stereocenters. The van der Waals surface area contributed by atoms with E-state index in [1.807, 2.05) is 0 Å². The highest BCUT2D eigenvalue weighted by Crippen LogP contribution is 2.24. The van der Waals surface area contributed by atoms with Gasteiger partial charge in [-0.2, -0.15) is 0 Å². The molecule has 1 unspecified atom stereocenters. The number of ether oxygens (including phenoxy) is 1. The summed E-state index contributed by atoms with van der Waals surface area (Å²) < 4.78 is 18.1. The van der Waals surface area contributed by atoms with E-state index in [9.17, 15) is 9.50 Å². The number of methoxy groups -OCH3 is 1. The number of aromatic nitrogens is 1. The van der Waals surface area contributed by atoms with Gasteiger partial charge in [-0.1, -0.05) is 12.1 Å². The van der Waals surface area contributed by atoms with Crippen LogP contribution in [0.2, 0.25) is 0 Å². The molecule has 0 aliphatic rings. The number of nitrogens with zero attached hydrogens (tertiary/aromatic N) is 1. The molecule has 2 rings (SSSR count). The van der Waals surface area contributed by atoms with Gasteiger partial charge in [-0.05, 0) is 23.8 Å². The number of rotatable bonds is 3. The Kier molecular flexibility index (Phi) is 3.35. The number of hydrogen-bond donors (Lipinski definition) is 1. The van der Waals surface area contributed by atoms with Gasteiger partial charge in [0.15, 0.2) is 0 Å². The minimum Gasteiger partial charge on any atom is -0.495 e. The maximum absolute atomic E-state index is 13.0. The first-order valence-corrected chi connectivity index (χ1v) is 5.13. The van der Waals surface area contributed by atoms with E-state index < -0.39 is 6.10 Å². The lowest BCUT2D eigenvalue weighted by atomic mass is 10.0. The van der Waals surface area contributed by atoms with Crippen molar-refractivity contribution in [3.05, 3.63) is 59.7 Å². The third-order valence-corrected chi connectivity index (χ3v) is 2.45. The lowest BCUT2D eigenvalue weighted by Gasteiger charge is -2.11. The number of benzene rings is 1. The number of aliphatic hydroxyl groups is 1. The number of pyridine rings is 1. The molecule has 0 bridgehead atoms. The second-order valence-corrected chi connectivity index (χ2v) is 3.62. The Labute approximate surface area is 98.5 Å². The van der Waals surface area contributed by atoms with E-state index in [4.69, 9.17) is 4.74 Å². The predicted molar refractivity (Wildman–Crippen MR) is 61.3 cm³/mol. The van der Waals surface area contributed by atoms with Gasteiger partial charge in [0.05, 0.1) is 13.3 Å². The molecule has 0 radical (unpaired) electrons. The molecule has 0 saturated heterocycles. The summed E-state index contributed by atoms with van der Waals surface area (Å²) >= 11 is 0. The van der Waals surface area contributed by atoms with Crippen LogP contribution in [-0.2, 0) is 0 Å². The van der Waals surface area contributed by atoms with Crippen LogP contribution in [0, 0.1) is 5.82 Å². The molecule has 0 fully saturated rings. The summed E-state index contributed by atoms with van der Waals surface area (Å²) in [5.74, 6) is 0.176. The molecule has 1 heterocycles. The molecule has 0 spiro atoms. The summed E-state index contributed by atoms with van der Waals surface area (Å²) in [5.41, 5.74) is 1.05. The van der Waals surface area contributed by atoms with E-state index in [2.05, 4.69) is 4.98 Å². The van der Waals surface area contributed by atoms with Crippen LogP contribution in [0.15, 0.2) is 42.7 Å². The molecule has 1 N–H and O–H groups in total. The summed E-state index contributed by atoms with van der Waals surface area (Å²) in [6.45, 7) is 0. The van der Waals surface area contributed by atoms with Gasteiger partial charge >= 0.3 is 0 Å². The summed E-state index contributed by atoms with van der Waals surface area (Å²) in [4.78, 5) is 3.95. The summed E-state index contributed by atoms with van der Waals surface area (Å²) in [6, 6.07) is 7.52. The van der Waals surface area contributed by atoms with Crippen molar-refractivity contribution in [2.75, 3.05) is 7.11 Å². The van der Waals surface area contributed by atoms with Crippen molar-refractivity contribution >= 4 is 0 Å². The standard InChI is InChI=1S/C13H12FNO2/c1-17-12-6-10(7-15-8-12)13(16)9-3-2-4-11(14)5-9/h2-8,13,16H,1H3. The van der Waals surface area contributed by atoms with Crippen molar-refractivity contribution in [2.24, 2.45) is 0 Å². The Morgan fingerprint density at radius 3 is 2.76 bits per heavy atom. The molecule has 0 aliphatic carbocycles. The van der Waals surface area contributed by atoms with Crippen LogP contribution in [0.4, 0.5) is 4.39 Å². The monoisotopic (exact) mass is 233 g/mol. The van der Waals surface area contributed by atoms with Gasteiger partial charge in [-0.25, -0.2) is 4.39 Å². The molecule has 1 aromatic carbocycles. The molecule has 88 valence electrons. The van der Waals surface area contributed by atoms with Crippen LogP contribution < -0.4 is 4.74 Å². The second-order valence-electron chi connectivity index (χ2n) is 3.62. The highest BCUT2D eigenvalue weighted by molar-refractivity contribution is 5.32. The van der Waals surface area contributed by atoms with E-state index in [1.54, 1.807) is 24.4 Å². The van der Waals surface area contributed by atoms with Crippen LogP contribution in [-0.4, -0.2) is 17.2 Å². The van der Waals surface area contributed by atoms with Gasteiger partial charge < -0.3 is 9.84 Å². The molecule has 0 aliphatic heterocycles. The first kappa shape index (κ1) is 11.5. The van der Waals surface area contributed by atoms with E-state index in [0.29, 0.717) is 16.9 Å². The molecule has 1 aromatic heterocycles. The molecule has 2 aromatic rings. The quantitative estimate of drug-likeness (QED) is 0.884. The lowest BCUT2D eigenvalue weighted by molar-refractivity contribution is 0.218. The van der Waals surface area contributed by atoms with E-state index in [-0.39, 0.29) is 5.82 Å². The number of aliphatic hydroxyl groups excluding tert-OH is 1. The van der Waals surface area contributed by atoms with Crippen LogP contribution >= 0.6 is 0 Å². The first-order chi connectivity index (χ1) is 8.20. The Morgan fingerprint density at radius 2 is 2.06 bits per heavy atom. The average molecular weight is 233 g/mol. The maximum Gasteiger partial charge on any atom is 0.137 e. The molecule has 0 saturated carbocycles. The third kappa shape index (κ3) is 2.60. The van der Waals surface area contributed by atoms with E-state index in [0.717, 1.165) is 0 Å². The lowest BCUT2D eigenvalue weighted by Crippen LogP contribution is -2.01. The largest absolute Gasteiger partial charge is 0.495 e. The number of halogens is 1. The molecular formula is C13H12FNO2. The molecule has 17 heavy (non-hydrogen) atoms. The minimum atomic E-state index is -0.909. The summed E-state index contributed by atoms with van der Waals surface area (Å²) in [5, 5.41) is 10.1. The molecule has 4 heteroatoms. The third-order valence-electron chi connectivity index (χ3n) is 2.45. The Balaban J connectivity index is 2.33. The zero-order valence-corrected chi connectivity index (χ0v) is 9.30. The smallest absolute Gasteiger partial charge is 0.137 e. The fraction of sp³-hybridized carbons (Fsp3) is 0.154. The fourth-order valence-electron chi connectivity index (χ4n) is 1.57. The van der Waals surface area contributed by atoms with Crippen LogP contribution in [0.25, 0.3) is 0 Å². The normalized spacial score (nSPS) is 12.2. The van der Waals surface area contributed by atoms with Crippen molar-refractivity contribution in [2.45, 2.75) is 6.10 Å². The molecular weight excluding hydrogens is 221 g/mol. The van der Waals surface area contributed by atoms with Crippen molar-refractivity contribution < 1.29 is 14.2 Å². The van der Waals surface area contributed by atoms with Gasteiger partial charge in [-0.15, -0.1) is 0 Å². The second kappa shape index (κ2) is 4.93. The SMILES string of the molecule is COc1cncc(C(O)c2cccc(F)c2)c1. The van der Waals surface area contributed by atoms with Crippen molar-refractivity contribution in [1.82, 2.24) is 4.98 Å². The average Bonchev–Trinajstić information content (AvgIpc) is 2.38. The van der Waals surface area contributed by atoms with E-state index >= 15 is 0 Å². The highest BCUT2D eigenvalue weighted by atomic mass is 19.1. The Bertz CT molecular complexity index is 516. The van der Waals surface area contributed by atoms with Crippen LogP contribution in [0.3, 0.4) is 0 Å². The van der Waals surface area contributed by atoms with Gasteiger partial charge in [0.2, 0.25) is 0 Å². The molecule has 3 nitrogen and oxygen atoms in total. The maximum atomic E-state index is 13.0. The van der Waals surface area contributed by atoms with Crippen LogP contribution in [0.1, 0.15) is 17.2 Å². The molecule has 0 amide bonds. The van der Waals surface area contributed by atoms with Gasteiger partial charge in [0, 0.05) is 11.8 Å². The highest BCUT2D eigenvalue weighted by Gasteiger charge is 2.12. The van der Waals surface area contributed by atoms with Crippen LogP contribution in [0.5, 0.6) is 5.75 Å². The Hall–Kier alpha value is -1.94. The van der Waals surface area contributed by atoms with Gasteiger partial charge in [0.1, 0.15) is 17.7 Å². The summed E-state index contributed by atoms with van der Waals surface area (Å²) in [6.07, 6.45) is 2.16. The van der Waals surface area contributed by atoms with Gasteiger partial charge in [-0.3, -0.25) is 4.98 Å². The summed E-state index contributed by atoms with van der Waals surface area (Å²) in [7, 11) is 1.52.